The van der Waals surface area contributed by atoms with Crippen molar-refractivity contribution in [1.29, 1.82) is 0 Å². The van der Waals surface area contributed by atoms with Crippen LogP contribution in [0.25, 0.3) is 5.57 Å². The van der Waals surface area contributed by atoms with Gasteiger partial charge in [0.15, 0.2) is 5.78 Å². The van der Waals surface area contributed by atoms with Gasteiger partial charge >= 0.3 is 0 Å². The van der Waals surface area contributed by atoms with Crippen molar-refractivity contribution in [3.05, 3.63) is 63.6 Å². The minimum absolute atomic E-state index is 0.126. The van der Waals surface area contributed by atoms with Crippen molar-refractivity contribution in [2.75, 3.05) is 13.7 Å². The number of rotatable bonds is 4. The highest BCUT2D eigenvalue weighted by atomic mass is 79.9. The van der Waals surface area contributed by atoms with Gasteiger partial charge < -0.3 is 9.47 Å². The third kappa shape index (κ3) is 3.64. The van der Waals surface area contributed by atoms with Crippen molar-refractivity contribution >= 4 is 27.3 Å². The summed E-state index contributed by atoms with van der Waals surface area (Å²) in [7, 11) is 1.64. The van der Waals surface area contributed by atoms with Crippen LogP contribution in [0.3, 0.4) is 0 Å². The first-order valence-electron chi connectivity index (χ1n) is 8.30. The summed E-state index contributed by atoms with van der Waals surface area (Å²) in [5.74, 6) is 1.56. The highest BCUT2D eigenvalue weighted by molar-refractivity contribution is 9.10. The summed E-state index contributed by atoms with van der Waals surface area (Å²) in [6.45, 7) is 4.34. The molecule has 0 amide bonds. The fourth-order valence-electron chi connectivity index (χ4n) is 3.25. The number of allylic oxidation sites excluding steroid dienone is 2. The van der Waals surface area contributed by atoms with Crippen LogP contribution in [0.4, 0.5) is 0 Å². The number of ether oxygens (including phenoxy) is 2. The van der Waals surface area contributed by atoms with E-state index in [4.69, 9.17) is 9.47 Å². The lowest BCUT2D eigenvalue weighted by Crippen LogP contribution is -2.29. The van der Waals surface area contributed by atoms with Gasteiger partial charge in [-0.15, -0.1) is 0 Å². The van der Waals surface area contributed by atoms with E-state index < -0.39 is 0 Å². The molecule has 0 aliphatic carbocycles. The summed E-state index contributed by atoms with van der Waals surface area (Å²) < 4.78 is 12.1. The number of methoxy groups -OCH3 is 1. The molecule has 1 atom stereocenters. The van der Waals surface area contributed by atoms with Gasteiger partial charge in [0.1, 0.15) is 11.5 Å². The average Bonchev–Trinajstić information content (AvgIpc) is 2.62. The highest BCUT2D eigenvalue weighted by Crippen LogP contribution is 2.33. The first-order chi connectivity index (χ1) is 12.0. The topological polar surface area (TPSA) is 35.5 Å². The van der Waals surface area contributed by atoms with Gasteiger partial charge in [0.05, 0.1) is 19.6 Å². The van der Waals surface area contributed by atoms with Crippen LogP contribution in [0.5, 0.6) is 11.5 Å². The van der Waals surface area contributed by atoms with E-state index in [1.54, 1.807) is 7.11 Å². The third-order valence-corrected chi connectivity index (χ3v) is 5.07. The quantitative estimate of drug-likeness (QED) is 0.678. The Morgan fingerprint density at radius 2 is 2.08 bits per heavy atom. The molecule has 0 spiro atoms. The summed E-state index contributed by atoms with van der Waals surface area (Å²) in [6.07, 6.45) is 2.57. The Hall–Kier alpha value is -2.07. The number of fused-ring (bicyclic) bond motifs is 1. The molecule has 2 aromatic rings. The molecule has 0 N–H and O–H groups in total. The third-order valence-electron chi connectivity index (χ3n) is 4.58. The molecule has 0 fully saturated rings. The smallest absolute Gasteiger partial charge is 0.169 e. The Labute approximate surface area is 156 Å². The van der Waals surface area contributed by atoms with E-state index in [1.165, 1.54) is 0 Å². The van der Waals surface area contributed by atoms with Gasteiger partial charge in [-0.25, -0.2) is 0 Å². The van der Waals surface area contributed by atoms with Gasteiger partial charge in [0.25, 0.3) is 0 Å². The van der Waals surface area contributed by atoms with E-state index in [1.807, 2.05) is 56.3 Å². The molecule has 1 heterocycles. The molecule has 3 rings (SSSR count). The lowest BCUT2D eigenvalue weighted by Gasteiger charge is -2.26. The SMILES string of the molecule is C/C=C(/C(=O)C1COc2ccc(OC)cc2C1)c1ccc(Br)cc1C. The number of carbonyl (C=O) groups excluding carboxylic acids is 1. The van der Waals surface area contributed by atoms with E-state index in [0.29, 0.717) is 13.0 Å². The highest BCUT2D eigenvalue weighted by Gasteiger charge is 2.29. The molecule has 3 nitrogen and oxygen atoms in total. The predicted molar refractivity (Wildman–Crippen MR) is 103 cm³/mol. The number of hydrogen-bond donors (Lipinski definition) is 0. The normalized spacial score (nSPS) is 16.8. The second-order valence-electron chi connectivity index (χ2n) is 6.21. The number of halogens is 1. The van der Waals surface area contributed by atoms with E-state index >= 15 is 0 Å². The molecule has 1 unspecified atom stereocenters. The molecule has 0 saturated carbocycles. The number of carbonyl (C=O) groups is 1. The van der Waals surface area contributed by atoms with Gasteiger partial charge in [0.2, 0.25) is 0 Å². The molecule has 0 saturated heterocycles. The summed E-state index contributed by atoms with van der Waals surface area (Å²) in [4.78, 5) is 13.1. The van der Waals surface area contributed by atoms with Crippen molar-refractivity contribution in [3.8, 4) is 11.5 Å². The maximum absolute atomic E-state index is 13.1. The predicted octanol–water partition coefficient (Wildman–Crippen LogP) is 4.99. The van der Waals surface area contributed by atoms with E-state index in [2.05, 4.69) is 15.9 Å². The fraction of sp³-hybridized carbons (Fsp3) is 0.286. The summed E-state index contributed by atoms with van der Waals surface area (Å²) >= 11 is 3.48. The van der Waals surface area contributed by atoms with Gasteiger partial charge in [-0.1, -0.05) is 28.1 Å². The fourth-order valence-corrected chi connectivity index (χ4v) is 3.72. The van der Waals surface area contributed by atoms with Crippen molar-refractivity contribution < 1.29 is 14.3 Å². The Morgan fingerprint density at radius 3 is 2.76 bits per heavy atom. The zero-order chi connectivity index (χ0) is 18.0. The van der Waals surface area contributed by atoms with Crippen LogP contribution >= 0.6 is 15.9 Å². The molecule has 0 radical (unpaired) electrons. The van der Waals surface area contributed by atoms with Crippen LogP contribution in [-0.4, -0.2) is 19.5 Å². The second-order valence-corrected chi connectivity index (χ2v) is 7.13. The van der Waals surface area contributed by atoms with Gasteiger partial charge in [-0.2, -0.15) is 0 Å². The van der Waals surface area contributed by atoms with E-state index in [9.17, 15) is 4.79 Å². The van der Waals surface area contributed by atoms with Crippen molar-refractivity contribution in [2.24, 2.45) is 5.92 Å². The Morgan fingerprint density at radius 1 is 1.28 bits per heavy atom. The van der Waals surface area contributed by atoms with Crippen LogP contribution in [0.15, 0.2) is 46.9 Å². The van der Waals surface area contributed by atoms with Crippen molar-refractivity contribution in [3.63, 3.8) is 0 Å². The molecular weight excluding hydrogens is 380 g/mol. The van der Waals surface area contributed by atoms with Crippen LogP contribution in [0.2, 0.25) is 0 Å². The Kier molecular flexibility index (Phi) is 5.28. The maximum atomic E-state index is 13.1. The average molecular weight is 401 g/mol. The zero-order valence-corrected chi connectivity index (χ0v) is 16.2. The number of benzene rings is 2. The molecule has 0 aromatic heterocycles. The monoisotopic (exact) mass is 400 g/mol. The Balaban J connectivity index is 1.87. The molecule has 130 valence electrons. The van der Waals surface area contributed by atoms with Crippen LogP contribution in [0, 0.1) is 12.8 Å². The van der Waals surface area contributed by atoms with Crippen LogP contribution < -0.4 is 9.47 Å². The molecule has 2 aromatic carbocycles. The van der Waals surface area contributed by atoms with E-state index in [0.717, 1.165) is 38.2 Å². The summed E-state index contributed by atoms with van der Waals surface area (Å²) in [5, 5.41) is 0. The first kappa shape index (κ1) is 17.7. The number of aryl methyl sites for hydroxylation is 1. The molecule has 1 aliphatic rings. The standard InChI is InChI=1S/C21H21BrO3/c1-4-18(19-7-5-16(22)9-13(19)2)21(23)15-10-14-11-17(24-3)6-8-20(14)25-12-15/h4-9,11,15H,10,12H2,1-3H3/b18-4+. The largest absolute Gasteiger partial charge is 0.497 e. The molecule has 0 bridgehead atoms. The second kappa shape index (κ2) is 7.44. The molecular formula is C21H21BrO3. The van der Waals surface area contributed by atoms with Crippen molar-refractivity contribution in [2.45, 2.75) is 20.3 Å². The van der Waals surface area contributed by atoms with Crippen LogP contribution in [-0.2, 0) is 11.2 Å². The maximum Gasteiger partial charge on any atom is 0.169 e. The summed E-state index contributed by atoms with van der Waals surface area (Å²) in [6, 6.07) is 11.7. The summed E-state index contributed by atoms with van der Waals surface area (Å²) in [5.41, 5.74) is 3.83. The lowest BCUT2D eigenvalue weighted by atomic mass is 9.86. The van der Waals surface area contributed by atoms with Crippen molar-refractivity contribution in [1.82, 2.24) is 0 Å². The number of Topliss-reactive ketones (excluding diaryl/α,β-unsaturated/α-hetero) is 1. The lowest BCUT2D eigenvalue weighted by molar-refractivity contribution is -0.118. The zero-order valence-electron chi connectivity index (χ0n) is 14.6. The van der Waals surface area contributed by atoms with E-state index in [-0.39, 0.29) is 11.7 Å². The number of hydrogen-bond acceptors (Lipinski definition) is 3. The van der Waals surface area contributed by atoms with Gasteiger partial charge in [-0.05, 0) is 67.3 Å². The minimum Gasteiger partial charge on any atom is -0.497 e. The first-order valence-corrected chi connectivity index (χ1v) is 9.09. The minimum atomic E-state index is -0.186. The number of ketones is 1. The Bertz CT molecular complexity index is 839. The van der Waals surface area contributed by atoms with Crippen LogP contribution in [0.1, 0.15) is 23.6 Å². The molecule has 1 aliphatic heterocycles. The molecule has 4 heteroatoms. The van der Waals surface area contributed by atoms with Gasteiger partial charge in [-0.3, -0.25) is 4.79 Å². The van der Waals surface area contributed by atoms with Gasteiger partial charge in [0, 0.05) is 10.0 Å². The molecule has 25 heavy (non-hydrogen) atoms.